The summed E-state index contributed by atoms with van der Waals surface area (Å²) in [4.78, 5) is 2.03. The molecule has 0 spiro atoms. The maximum Gasteiger partial charge on any atom is 0.183 e. The second-order valence-corrected chi connectivity index (χ2v) is 6.14. The summed E-state index contributed by atoms with van der Waals surface area (Å²) >= 11 is 6.71. The highest BCUT2D eigenvalue weighted by Gasteiger charge is 2.21. The average Bonchev–Trinajstić information content (AvgIpc) is 2.70. The number of hydrogen-bond acceptors (Lipinski definition) is 3. The van der Waals surface area contributed by atoms with Gasteiger partial charge in [-0.1, -0.05) is 12.1 Å². The number of nitrogens with two attached hydrogens (primary N) is 1. The predicted molar refractivity (Wildman–Crippen MR) is 83.8 cm³/mol. The van der Waals surface area contributed by atoms with Crippen molar-refractivity contribution >= 4 is 31.9 Å². The van der Waals surface area contributed by atoms with Crippen molar-refractivity contribution in [3.05, 3.63) is 56.6 Å². The third-order valence-corrected chi connectivity index (χ3v) is 4.78. The van der Waals surface area contributed by atoms with Gasteiger partial charge in [0.2, 0.25) is 0 Å². The van der Waals surface area contributed by atoms with E-state index in [0.717, 1.165) is 15.8 Å². The van der Waals surface area contributed by atoms with E-state index in [1.807, 2.05) is 24.1 Å². The Morgan fingerprint density at radius 2 is 2.10 bits per heavy atom. The fourth-order valence-electron chi connectivity index (χ4n) is 2.07. The van der Waals surface area contributed by atoms with E-state index in [1.165, 1.54) is 12.1 Å². The zero-order valence-electron chi connectivity index (χ0n) is 10.9. The van der Waals surface area contributed by atoms with E-state index < -0.39 is 0 Å². The molecule has 0 amide bonds. The molecule has 0 bridgehead atoms. The van der Waals surface area contributed by atoms with E-state index in [-0.39, 0.29) is 11.9 Å². The largest absolute Gasteiger partial charge is 0.451 e. The Hall–Kier alpha value is -0.690. The van der Waals surface area contributed by atoms with Gasteiger partial charge < -0.3 is 10.2 Å². The van der Waals surface area contributed by atoms with Crippen molar-refractivity contribution in [2.45, 2.75) is 12.6 Å². The van der Waals surface area contributed by atoms with E-state index >= 15 is 0 Å². The molecule has 0 radical (unpaired) electrons. The number of hydrogen-bond donors (Lipinski definition) is 1. The molecule has 0 aliphatic rings. The first-order valence-corrected chi connectivity index (χ1v) is 7.69. The van der Waals surface area contributed by atoms with Crippen molar-refractivity contribution in [2.24, 2.45) is 5.73 Å². The molecule has 20 heavy (non-hydrogen) atoms. The van der Waals surface area contributed by atoms with Crippen LogP contribution in [0.3, 0.4) is 0 Å². The second kappa shape index (κ2) is 6.85. The normalized spacial score (nSPS) is 12.9. The summed E-state index contributed by atoms with van der Waals surface area (Å²) in [6.07, 6.45) is 0. The van der Waals surface area contributed by atoms with Crippen LogP contribution >= 0.6 is 31.9 Å². The Bertz CT molecular complexity index is 569. The summed E-state index contributed by atoms with van der Waals surface area (Å²) in [5.74, 6) is 0.536. The van der Waals surface area contributed by atoms with Crippen LogP contribution in [0.5, 0.6) is 0 Å². The number of benzene rings is 1. The molecule has 1 heterocycles. The fraction of sp³-hybridized carbons (Fsp3) is 0.286. The number of rotatable bonds is 5. The van der Waals surface area contributed by atoms with Crippen LogP contribution in [-0.4, -0.2) is 18.5 Å². The van der Waals surface area contributed by atoms with Crippen molar-refractivity contribution in [1.29, 1.82) is 0 Å². The van der Waals surface area contributed by atoms with Gasteiger partial charge in [-0.25, -0.2) is 4.39 Å². The molecule has 1 atom stereocenters. The molecule has 0 aliphatic carbocycles. The smallest absolute Gasteiger partial charge is 0.183 e. The molecule has 0 aliphatic heterocycles. The van der Waals surface area contributed by atoms with Crippen molar-refractivity contribution in [1.82, 2.24) is 4.90 Å². The van der Waals surface area contributed by atoms with Crippen LogP contribution in [0, 0.1) is 5.82 Å². The standard InChI is InChI=1S/C14H15Br2FN2O/c1-19(8-9-3-2-4-10(17)5-9)12(7-18)13-6-11(15)14(16)20-13/h2-6,12H,7-8,18H2,1H3. The average molecular weight is 406 g/mol. The first kappa shape index (κ1) is 15.7. The van der Waals surface area contributed by atoms with E-state index in [1.54, 1.807) is 6.07 Å². The molecule has 3 nitrogen and oxygen atoms in total. The zero-order valence-corrected chi connectivity index (χ0v) is 14.1. The lowest BCUT2D eigenvalue weighted by molar-refractivity contribution is 0.211. The second-order valence-electron chi connectivity index (χ2n) is 4.57. The topological polar surface area (TPSA) is 42.4 Å². The maximum absolute atomic E-state index is 13.2. The third kappa shape index (κ3) is 3.69. The molecule has 108 valence electrons. The Balaban J connectivity index is 2.15. The van der Waals surface area contributed by atoms with E-state index in [2.05, 4.69) is 31.9 Å². The molecule has 1 unspecified atom stereocenters. The lowest BCUT2D eigenvalue weighted by Gasteiger charge is -2.25. The number of furan rings is 1. The molecule has 2 aromatic rings. The van der Waals surface area contributed by atoms with Crippen LogP contribution in [0.4, 0.5) is 4.39 Å². The van der Waals surface area contributed by atoms with Gasteiger partial charge in [0, 0.05) is 13.1 Å². The highest BCUT2D eigenvalue weighted by Crippen LogP contribution is 2.32. The number of halogens is 3. The molecule has 1 aromatic heterocycles. The van der Waals surface area contributed by atoms with Gasteiger partial charge in [-0.05, 0) is 62.7 Å². The number of nitrogens with zero attached hydrogens (tertiary/aromatic N) is 1. The molecule has 6 heteroatoms. The van der Waals surface area contributed by atoms with Crippen molar-refractivity contribution in [3.8, 4) is 0 Å². The van der Waals surface area contributed by atoms with Crippen LogP contribution in [0.25, 0.3) is 0 Å². The molecule has 1 aromatic carbocycles. The Morgan fingerprint density at radius 3 is 2.65 bits per heavy atom. The molecular weight excluding hydrogens is 391 g/mol. The van der Waals surface area contributed by atoms with Gasteiger partial charge in [0.1, 0.15) is 11.6 Å². The molecule has 0 saturated carbocycles. The number of likely N-dealkylation sites (N-methyl/N-ethyl adjacent to an activating group) is 1. The fourth-order valence-corrected chi connectivity index (χ4v) is 2.68. The van der Waals surface area contributed by atoms with Gasteiger partial charge in [-0.15, -0.1) is 0 Å². The molecule has 2 N–H and O–H groups in total. The summed E-state index contributed by atoms with van der Waals surface area (Å²) < 4.78 is 20.3. The lowest BCUT2D eigenvalue weighted by Crippen LogP contribution is -2.29. The SMILES string of the molecule is CN(Cc1cccc(F)c1)C(CN)c1cc(Br)c(Br)o1. The van der Waals surface area contributed by atoms with Crippen LogP contribution in [0.2, 0.25) is 0 Å². The quantitative estimate of drug-likeness (QED) is 0.814. The van der Waals surface area contributed by atoms with Crippen molar-refractivity contribution in [2.75, 3.05) is 13.6 Å². The minimum atomic E-state index is -0.233. The van der Waals surface area contributed by atoms with Crippen LogP contribution in [0.1, 0.15) is 17.4 Å². The predicted octanol–water partition coefficient (Wildman–Crippen LogP) is 4.08. The molecule has 0 fully saturated rings. The summed E-state index contributed by atoms with van der Waals surface area (Å²) in [7, 11) is 1.94. The zero-order chi connectivity index (χ0) is 14.7. The maximum atomic E-state index is 13.2. The van der Waals surface area contributed by atoms with Crippen molar-refractivity contribution in [3.63, 3.8) is 0 Å². The van der Waals surface area contributed by atoms with Gasteiger partial charge in [-0.3, -0.25) is 4.90 Å². The summed E-state index contributed by atoms with van der Waals surface area (Å²) in [5.41, 5.74) is 6.74. The summed E-state index contributed by atoms with van der Waals surface area (Å²) in [6.45, 7) is 1.01. The Kier molecular flexibility index (Phi) is 5.37. The molecular formula is C14H15Br2FN2O. The molecule has 2 rings (SSSR count). The van der Waals surface area contributed by atoms with E-state index in [9.17, 15) is 4.39 Å². The first-order chi connectivity index (χ1) is 9.51. The lowest BCUT2D eigenvalue weighted by atomic mass is 10.1. The monoisotopic (exact) mass is 404 g/mol. The Morgan fingerprint density at radius 1 is 1.35 bits per heavy atom. The van der Waals surface area contributed by atoms with E-state index in [0.29, 0.717) is 17.8 Å². The van der Waals surface area contributed by atoms with Gasteiger partial charge in [0.15, 0.2) is 4.67 Å². The van der Waals surface area contributed by atoms with Gasteiger partial charge in [0.25, 0.3) is 0 Å². The first-order valence-electron chi connectivity index (χ1n) is 6.10. The minimum absolute atomic E-state index is 0.0686. The van der Waals surface area contributed by atoms with Crippen LogP contribution in [0.15, 0.2) is 43.9 Å². The molecule has 0 saturated heterocycles. The Labute approximate surface area is 134 Å². The highest BCUT2D eigenvalue weighted by molar-refractivity contribution is 9.13. The third-order valence-electron chi connectivity index (χ3n) is 3.07. The van der Waals surface area contributed by atoms with E-state index in [4.69, 9.17) is 10.2 Å². The van der Waals surface area contributed by atoms with Gasteiger partial charge in [0.05, 0.1) is 10.5 Å². The summed E-state index contributed by atoms with van der Waals surface area (Å²) in [6, 6.07) is 8.38. The minimum Gasteiger partial charge on any atom is -0.451 e. The van der Waals surface area contributed by atoms with Crippen molar-refractivity contribution < 1.29 is 8.81 Å². The van der Waals surface area contributed by atoms with Crippen LogP contribution in [-0.2, 0) is 6.54 Å². The van der Waals surface area contributed by atoms with Gasteiger partial charge in [-0.2, -0.15) is 0 Å². The van der Waals surface area contributed by atoms with Gasteiger partial charge >= 0.3 is 0 Å². The highest BCUT2D eigenvalue weighted by atomic mass is 79.9. The van der Waals surface area contributed by atoms with Crippen LogP contribution < -0.4 is 5.73 Å². The summed E-state index contributed by atoms with van der Waals surface area (Å²) in [5, 5.41) is 0.